The fraction of sp³-hybridized carbons (Fsp3) is 0.235. The van der Waals surface area contributed by atoms with Crippen molar-refractivity contribution in [3.05, 3.63) is 47.8 Å². The Morgan fingerprint density at radius 2 is 2.00 bits per heavy atom. The monoisotopic (exact) mass is 365 g/mol. The summed E-state index contributed by atoms with van der Waals surface area (Å²) in [6.45, 7) is 0.383. The van der Waals surface area contributed by atoms with Gasteiger partial charge in [0, 0.05) is 11.5 Å². The van der Waals surface area contributed by atoms with Gasteiger partial charge in [-0.2, -0.15) is 18.3 Å². The fourth-order valence-corrected chi connectivity index (χ4v) is 2.45. The molecule has 0 radical (unpaired) electrons. The number of nitrogens with zero attached hydrogens (tertiary/aromatic N) is 3. The van der Waals surface area contributed by atoms with Crippen molar-refractivity contribution in [3.8, 4) is 11.6 Å². The second-order valence-corrected chi connectivity index (χ2v) is 5.48. The second-order valence-electron chi connectivity index (χ2n) is 5.48. The molecule has 0 fully saturated rings. The molecule has 0 unspecified atom stereocenters. The van der Waals surface area contributed by atoms with Gasteiger partial charge in [-0.1, -0.05) is 0 Å². The van der Waals surface area contributed by atoms with Crippen LogP contribution in [0.25, 0.3) is 16.6 Å². The van der Waals surface area contributed by atoms with Gasteiger partial charge in [-0.15, -0.1) is 0 Å². The molecule has 0 saturated carbocycles. The minimum absolute atomic E-state index is 0.132. The van der Waals surface area contributed by atoms with Gasteiger partial charge < -0.3 is 9.47 Å². The van der Waals surface area contributed by atoms with E-state index in [1.165, 1.54) is 19.4 Å². The number of aromatic nitrogens is 3. The highest BCUT2D eigenvalue weighted by atomic mass is 19.4. The van der Waals surface area contributed by atoms with Gasteiger partial charge in [-0.3, -0.25) is 0 Å². The van der Waals surface area contributed by atoms with Gasteiger partial charge in [0.1, 0.15) is 0 Å². The summed E-state index contributed by atoms with van der Waals surface area (Å²) in [5.41, 5.74) is 2.36. The quantitative estimate of drug-likeness (QED) is 0.663. The van der Waals surface area contributed by atoms with Gasteiger partial charge in [0.05, 0.1) is 35.8 Å². The van der Waals surface area contributed by atoms with E-state index < -0.39 is 18.8 Å². The minimum atomic E-state index is -4.42. The molecular weight excluding hydrogens is 351 g/mol. The van der Waals surface area contributed by atoms with Crippen LogP contribution in [-0.4, -0.2) is 40.6 Å². The van der Waals surface area contributed by atoms with Crippen LogP contribution >= 0.6 is 0 Å². The third kappa shape index (κ3) is 3.61. The van der Waals surface area contributed by atoms with Crippen LogP contribution in [0, 0.1) is 6.92 Å². The molecule has 0 spiro atoms. The lowest BCUT2D eigenvalue weighted by molar-refractivity contribution is -0.154. The standard InChI is InChI=1S/C17H14F3N3O3/c1-10-13-7-11(16(24)25-2)3-5-14(13)23(22-10)12-4-6-15(21-8-12)26-9-17(18,19)20/h3-8H,9H2,1-2H3. The second kappa shape index (κ2) is 6.66. The van der Waals surface area contributed by atoms with Gasteiger partial charge >= 0.3 is 12.1 Å². The van der Waals surface area contributed by atoms with E-state index in [-0.39, 0.29) is 5.88 Å². The third-order valence-electron chi connectivity index (χ3n) is 3.63. The lowest BCUT2D eigenvalue weighted by atomic mass is 10.1. The zero-order chi connectivity index (χ0) is 18.9. The van der Waals surface area contributed by atoms with Crippen molar-refractivity contribution in [2.45, 2.75) is 13.1 Å². The Morgan fingerprint density at radius 3 is 2.62 bits per heavy atom. The predicted molar refractivity (Wildman–Crippen MR) is 86.5 cm³/mol. The van der Waals surface area contributed by atoms with Crippen LogP contribution in [0.3, 0.4) is 0 Å². The van der Waals surface area contributed by atoms with Crippen molar-refractivity contribution in [1.82, 2.24) is 14.8 Å². The summed E-state index contributed by atoms with van der Waals surface area (Å²) < 4.78 is 47.4. The molecule has 3 rings (SSSR count). The molecule has 2 aromatic heterocycles. The third-order valence-corrected chi connectivity index (χ3v) is 3.63. The number of carbonyl (C=O) groups is 1. The highest BCUT2D eigenvalue weighted by Gasteiger charge is 2.28. The summed E-state index contributed by atoms with van der Waals surface area (Å²) in [5, 5.41) is 5.16. The summed E-state index contributed by atoms with van der Waals surface area (Å²) in [5.74, 6) is -0.584. The van der Waals surface area contributed by atoms with Crippen molar-refractivity contribution in [3.63, 3.8) is 0 Å². The van der Waals surface area contributed by atoms with Gasteiger partial charge in [-0.25, -0.2) is 14.5 Å². The summed E-state index contributed by atoms with van der Waals surface area (Å²) >= 11 is 0. The van der Waals surface area contributed by atoms with E-state index in [4.69, 9.17) is 4.74 Å². The number of aryl methyl sites for hydroxylation is 1. The van der Waals surface area contributed by atoms with E-state index >= 15 is 0 Å². The van der Waals surface area contributed by atoms with Gasteiger partial charge in [-0.05, 0) is 31.2 Å². The van der Waals surface area contributed by atoms with Crippen molar-refractivity contribution in [1.29, 1.82) is 0 Å². The normalized spacial score (nSPS) is 11.6. The average molecular weight is 365 g/mol. The highest BCUT2D eigenvalue weighted by Crippen LogP contribution is 2.24. The molecular formula is C17H14F3N3O3. The SMILES string of the molecule is COC(=O)c1ccc2c(c1)c(C)nn2-c1ccc(OCC(F)(F)F)nc1. The Hall–Kier alpha value is -3.10. The van der Waals surface area contributed by atoms with E-state index in [2.05, 4.69) is 14.8 Å². The average Bonchev–Trinajstić information content (AvgIpc) is 2.95. The molecule has 0 N–H and O–H groups in total. The number of fused-ring (bicyclic) bond motifs is 1. The number of pyridine rings is 1. The summed E-state index contributed by atoms with van der Waals surface area (Å²) in [7, 11) is 1.30. The predicted octanol–water partition coefficient (Wildman–Crippen LogP) is 3.46. The van der Waals surface area contributed by atoms with Crippen molar-refractivity contribution < 1.29 is 27.4 Å². The van der Waals surface area contributed by atoms with Crippen molar-refractivity contribution in [2.24, 2.45) is 0 Å². The zero-order valence-electron chi connectivity index (χ0n) is 13.9. The molecule has 9 heteroatoms. The number of esters is 1. The lowest BCUT2D eigenvalue weighted by Crippen LogP contribution is -2.19. The maximum absolute atomic E-state index is 12.2. The molecule has 0 aliphatic carbocycles. The molecule has 3 aromatic rings. The summed E-state index contributed by atoms with van der Waals surface area (Å²) in [4.78, 5) is 15.5. The highest BCUT2D eigenvalue weighted by molar-refractivity contribution is 5.95. The van der Waals surface area contributed by atoms with Crippen LogP contribution in [-0.2, 0) is 4.74 Å². The van der Waals surface area contributed by atoms with Crippen LogP contribution in [0.4, 0.5) is 13.2 Å². The first-order chi connectivity index (χ1) is 12.3. The van der Waals surface area contributed by atoms with Crippen LogP contribution in [0.2, 0.25) is 0 Å². The Bertz CT molecular complexity index is 950. The number of rotatable bonds is 4. The number of carbonyl (C=O) groups excluding carboxylic acids is 1. The van der Waals surface area contributed by atoms with E-state index in [9.17, 15) is 18.0 Å². The zero-order valence-corrected chi connectivity index (χ0v) is 13.9. The van der Waals surface area contributed by atoms with Crippen LogP contribution in [0.5, 0.6) is 5.88 Å². The van der Waals surface area contributed by atoms with E-state index in [0.29, 0.717) is 16.9 Å². The van der Waals surface area contributed by atoms with E-state index in [1.54, 1.807) is 35.9 Å². The first-order valence-electron chi connectivity index (χ1n) is 7.52. The number of halogens is 3. The van der Waals surface area contributed by atoms with E-state index in [1.807, 2.05) is 0 Å². The Morgan fingerprint density at radius 1 is 1.23 bits per heavy atom. The summed E-state index contributed by atoms with van der Waals surface area (Å²) in [6.07, 6.45) is -3.06. The summed E-state index contributed by atoms with van der Waals surface area (Å²) in [6, 6.07) is 7.90. The number of alkyl halides is 3. The molecule has 0 atom stereocenters. The number of methoxy groups -OCH3 is 1. The number of benzene rings is 1. The number of ether oxygens (including phenoxy) is 2. The van der Waals surface area contributed by atoms with Crippen molar-refractivity contribution in [2.75, 3.05) is 13.7 Å². The molecule has 0 aliphatic heterocycles. The largest absolute Gasteiger partial charge is 0.468 e. The van der Waals surface area contributed by atoms with E-state index in [0.717, 1.165) is 10.9 Å². The molecule has 0 aliphatic rings. The molecule has 2 heterocycles. The topological polar surface area (TPSA) is 66.2 Å². The Labute approximate surface area is 146 Å². The Kier molecular flexibility index (Phi) is 4.54. The fourth-order valence-electron chi connectivity index (χ4n) is 2.45. The molecule has 0 amide bonds. The van der Waals surface area contributed by atoms with Gasteiger partial charge in [0.2, 0.25) is 5.88 Å². The smallest absolute Gasteiger partial charge is 0.422 e. The first kappa shape index (κ1) is 17.7. The van der Waals surface area contributed by atoms with Crippen molar-refractivity contribution >= 4 is 16.9 Å². The van der Waals surface area contributed by atoms with Gasteiger partial charge in [0.25, 0.3) is 0 Å². The van der Waals surface area contributed by atoms with Gasteiger partial charge in [0.15, 0.2) is 6.61 Å². The molecule has 136 valence electrons. The molecule has 1 aromatic carbocycles. The molecule has 0 saturated heterocycles. The molecule has 26 heavy (non-hydrogen) atoms. The number of hydrogen-bond donors (Lipinski definition) is 0. The minimum Gasteiger partial charge on any atom is -0.468 e. The number of hydrogen-bond acceptors (Lipinski definition) is 5. The first-order valence-corrected chi connectivity index (χ1v) is 7.52. The van der Waals surface area contributed by atoms with Crippen LogP contribution in [0.15, 0.2) is 36.5 Å². The molecule has 6 nitrogen and oxygen atoms in total. The van der Waals surface area contributed by atoms with Crippen LogP contribution < -0.4 is 4.74 Å². The lowest BCUT2D eigenvalue weighted by Gasteiger charge is -2.09. The maximum Gasteiger partial charge on any atom is 0.422 e. The Balaban J connectivity index is 1.92. The molecule has 0 bridgehead atoms. The van der Waals surface area contributed by atoms with Crippen LogP contribution in [0.1, 0.15) is 16.1 Å². The maximum atomic E-state index is 12.2.